The molecule has 3 aromatic rings. The first-order chi connectivity index (χ1) is 14.9. The van der Waals surface area contributed by atoms with Crippen molar-refractivity contribution in [1.29, 1.82) is 0 Å². The van der Waals surface area contributed by atoms with Gasteiger partial charge in [-0.05, 0) is 86.4 Å². The van der Waals surface area contributed by atoms with Crippen molar-refractivity contribution >= 4 is 5.91 Å². The molecule has 1 aromatic carbocycles. The number of benzene rings is 1. The third kappa shape index (κ3) is 4.24. The Morgan fingerprint density at radius 1 is 1.19 bits per heavy atom. The van der Waals surface area contributed by atoms with E-state index in [1.54, 1.807) is 12.3 Å². The third-order valence-electron chi connectivity index (χ3n) is 6.43. The summed E-state index contributed by atoms with van der Waals surface area (Å²) >= 11 is 0. The summed E-state index contributed by atoms with van der Waals surface area (Å²) < 4.78 is 13.4. The molecule has 0 unspecified atom stereocenters. The number of amides is 1. The van der Waals surface area contributed by atoms with E-state index in [2.05, 4.69) is 27.4 Å². The summed E-state index contributed by atoms with van der Waals surface area (Å²) in [5, 5.41) is 10.7. The van der Waals surface area contributed by atoms with E-state index in [1.807, 2.05) is 31.2 Å². The number of carbonyl (C=O) groups excluding carboxylic acids is 1. The van der Waals surface area contributed by atoms with Crippen molar-refractivity contribution in [1.82, 2.24) is 20.5 Å². The van der Waals surface area contributed by atoms with Gasteiger partial charge in [-0.15, -0.1) is 0 Å². The minimum absolute atomic E-state index is 0.123. The van der Waals surface area contributed by atoms with E-state index < -0.39 is 11.5 Å². The van der Waals surface area contributed by atoms with Crippen molar-refractivity contribution in [2.24, 2.45) is 5.92 Å². The van der Waals surface area contributed by atoms with Crippen LogP contribution in [0.15, 0.2) is 42.6 Å². The Bertz CT molecular complexity index is 1110. The fourth-order valence-corrected chi connectivity index (χ4v) is 4.38. The molecule has 2 N–H and O–H groups in total. The number of aromatic amines is 1. The number of halogens is 1. The van der Waals surface area contributed by atoms with Crippen LogP contribution in [-0.4, -0.2) is 21.1 Å². The highest BCUT2D eigenvalue weighted by atomic mass is 19.1. The number of hydrogen-bond acceptors (Lipinski definition) is 3. The Morgan fingerprint density at radius 3 is 2.61 bits per heavy atom. The smallest absolute Gasteiger partial charge is 0.252 e. The molecule has 0 bridgehead atoms. The quantitative estimate of drug-likeness (QED) is 0.515. The lowest BCUT2D eigenvalue weighted by atomic mass is 9.89. The number of rotatable bonds is 7. The standard InChI is InChI=1S/C25H27FN4O/c1-15-11-22(30-29-15)25(2,13-16-3-4-16)28-24(31)18-7-9-20(17-5-6-17)21(12-18)19-8-10-23(26)27-14-19/h7-12,14,16-17H,3-6,13H2,1-2H3,(H,28,31)(H,29,30)/t25-/m1/s1. The van der Waals surface area contributed by atoms with Gasteiger partial charge in [-0.2, -0.15) is 9.49 Å². The minimum Gasteiger partial charge on any atom is -0.341 e. The third-order valence-corrected chi connectivity index (χ3v) is 6.43. The Kier molecular flexibility index (Phi) is 4.88. The second-order valence-corrected chi connectivity index (χ2v) is 9.32. The van der Waals surface area contributed by atoms with Gasteiger partial charge in [0.2, 0.25) is 5.95 Å². The molecule has 0 spiro atoms. The molecule has 0 radical (unpaired) electrons. The lowest BCUT2D eigenvalue weighted by Crippen LogP contribution is -2.44. The fourth-order valence-electron chi connectivity index (χ4n) is 4.38. The zero-order valence-corrected chi connectivity index (χ0v) is 17.9. The zero-order chi connectivity index (χ0) is 21.6. The van der Waals surface area contributed by atoms with E-state index >= 15 is 0 Å². The molecule has 2 aliphatic carbocycles. The van der Waals surface area contributed by atoms with Gasteiger partial charge in [0.05, 0.1) is 11.2 Å². The molecule has 2 aliphatic rings. The van der Waals surface area contributed by atoms with Crippen LogP contribution in [0.25, 0.3) is 11.1 Å². The van der Waals surface area contributed by atoms with Crippen LogP contribution in [0.1, 0.15) is 72.3 Å². The number of nitrogens with one attached hydrogen (secondary N) is 2. The first-order valence-corrected chi connectivity index (χ1v) is 11.0. The first kappa shape index (κ1) is 19.9. The maximum Gasteiger partial charge on any atom is 0.252 e. The van der Waals surface area contributed by atoms with E-state index in [0.717, 1.165) is 41.8 Å². The average molecular weight is 419 g/mol. The molecule has 2 fully saturated rings. The summed E-state index contributed by atoms with van der Waals surface area (Å²) in [6, 6.07) is 11.0. The van der Waals surface area contributed by atoms with Crippen LogP contribution >= 0.6 is 0 Å². The number of pyridine rings is 1. The fraction of sp³-hybridized carbons (Fsp3) is 0.400. The highest BCUT2D eigenvalue weighted by Gasteiger charge is 2.38. The number of nitrogens with zero attached hydrogens (tertiary/aromatic N) is 2. The number of aromatic nitrogens is 3. The van der Waals surface area contributed by atoms with Crippen LogP contribution in [0.4, 0.5) is 4.39 Å². The molecule has 2 heterocycles. The average Bonchev–Trinajstić information content (AvgIpc) is 3.68. The summed E-state index contributed by atoms with van der Waals surface area (Å²) in [7, 11) is 0. The summed E-state index contributed by atoms with van der Waals surface area (Å²) in [6.45, 7) is 4.03. The van der Waals surface area contributed by atoms with Crippen molar-refractivity contribution in [3.63, 3.8) is 0 Å². The van der Waals surface area contributed by atoms with Crippen LogP contribution in [-0.2, 0) is 5.54 Å². The van der Waals surface area contributed by atoms with Gasteiger partial charge in [-0.25, -0.2) is 4.98 Å². The van der Waals surface area contributed by atoms with Crippen molar-refractivity contribution in [3.05, 3.63) is 71.1 Å². The summed E-state index contributed by atoms with van der Waals surface area (Å²) in [6.07, 6.45) is 7.11. The van der Waals surface area contributed by atoms with Gasteiger partial charge >= 0.3 is 0 Å². The van der Waals surface area contributed by atoms with Crippen molar-refractivity contribution < 1.29 is 9.18 Å². The predicted octanol–water partition coefficient (Wildman–Crippen LogP) is 5.24. The van der Waals surface area contributed by atoms with E-state index in [1.165, 1.54) is 24.5 Å². The van der Waals surface area contributed by atoms with Gasteiger partial charge in [-0.3, -0.25) is 9.89 Å². The normalized spacial score (nSPS) is 17.9. The molecule has 2 saturated carbocycles. The molecule has 1 amide bonds. The number of aryl methyl sites for hydroxylation is 1. The predicted molar refractivity (Wildman–Crippen MR) is 117 cm³/mol. The molecule has 0 saturated heterocycles. The van der Waals surface area contributed by atoms with E-state index in [9.17, 15) is 9.18 Å². The van der Waals surface area contributed by atoms with Crippen LogP contribution in [0.2, 0.25) is 0 Å². The van der Waals surface area contributed by atoms with Crippen LogP contribution in [0.5, 0.6) is 0 Å². The zero-order valence-electron chi connectivity index (χ0n) is 17.9. The van der Waals surface area contributed by atoms with Gasteiger partial charge in [0.25, 0.3) is 5.91 Å². The summed E-state index contributed by atoms with van der Waals surface area (Å²) in [5.74, 6) is 0.503. The summed E-state index contributed by atoms with van der Waals surface area (Å²) in [4.78, 5) is 17.2. The van der Waals surface area contributed by atoms with E-state index in [-0.39, 0.29) is 5.91 Å². The molecule has 31 heavy (non-hydrogen) atoms. The maximum atomic E-state index is 13.4. The highest BCUT2D eigenvalue weighted by Crippen LogP contribution is 2.45. The van der Waals surface area contributed by atoms with Gasteiger partial charge in [0, 0.05) is 23.0 Å². The van der Waals surface area contributed by atoms with Gasteiger partial charge in [0.15, 0.2) is 0 Å². The first-order valence-electron chi connectivity index (χ1n) is 11.0. The van der Waals surface area contributed by atoms with E-state index in [4.69, 9.17) is 0 Å². The lowest BCUT2D eigenvalue weighted by molar-refractivity contribution is 0.0894. The second kappa shape index (κ2) is 7.59. The van der Waals surface area contributed by atoms with Gasteiger partial charge in [-0.1, -0.05) is 18.9 Å². The van der Waals surface area contributed by atoms with Crippen LogP contribution in [0, 0.1) is 18.8 Å². The molecular weight excluding hydrogens is 391 g/mol. The summed E-state index contributed by atoms with van der Waals surface area (Å²) in [5.41, 5.74) is 4.90. The molecule has 6 heteroatoms. The molecule has 2 aromatic heterocycles. The molecule has 5 rings (SSSR count). The SMILES string of the molecule is Cc1cc([C@@](C)(CC2CC2)NC(=O)c2ccc(C3CC3)c(-c3ccc(F)nc3)c2)n[nH]1. The van der Waals surface area contributed by atoms with Crippen molar-refractivity contribution in [2.45, 2.75) is 57.4 Å². The topological polar surface area (TPSA) is 70.7 Å². The largest absolute Gasteiger partial charge is 0.341 e. The van der Waals surface area contributed by atoms with Gasteiger partial charge in [0.1, 0.15) is 0 Å². The number of carbonyl (C=O) groups is 1. The Morgan fingerprint density at radius 2 is 2.00 bits per heavy atom. The lowest BCUT2D eigenvalue weighted by Gasteiger charge is -2.29. The van der Waals surface area contributed by atoms with Crippen molar-refractivity contribution in [2.75, 3.05) is 0 Å². The minimum atomic E-state index is -0.532. The Balaban J connectivity index is 1.46. The van der Waals surface area contributed by atoms with Crippen molar-refractivity contribution in [3.8, 4) is 11.1 Å². The monoisotopic (exact) mass is 418 g/mol. The second-order valence-electron chi connectivity index (χ2n) is 9.32. The molecule has 160 valence electrons. The molecule has 0 aliphatic heterocycles. The Hall–Kier alpha value is -3.02. The number of H-pyrrole nitrogens is 1. The van der Waals surface area contributed by atoms with E-state index in [0.29, 0.717) is 17.4 Å². The number of hydrogen-bond donors (Lipinski definition) is 2. The Labute approximate surface area is 181 Å². The maximum absolute atomic E-state index is 13.4. The molecule has 5 nitrogen and oxygen atoms in total. The van der Waals surface area contributed by atoms with Gasteiger partial charge < -0.3 is 5.32 Å². The highest BCUT2D eigenvalue weighted by molar-refractivity contribution is 5.96. The van der Waals surface area contributed by atoms with Crippen LogP contribution in [0.3, 0.4) is 0 Å². The molecular formula is C25H27FN4O. The molecule has 1 atom stereocenters. The van der Waals surface area contributed by atoms with Crippen LogP contribution < -0.4 is 5.32 Å².